The van der Waals surface area contributed by atoms with Crippen molar-refractivity contribution in [3.63, 3.8) is 0 Å². The summed E-state index contributed by atoms with van der Waals surface area (Å²) in [5.74, 6) is 2.30. The van der Waals surface area contributed by atoms with E-state index >= 15 is 0 Å². The van der Waals surface area contributed by atoms with Gasteiger partial charge in [0.25, 0.3) is 0 Å². The maximum Gasteiger partial charge on any atom is 0.0298 e. The fraction of sp³-hybridized carbons (Fsp3) is 1.00. The molecule has 0 nitrogen and oxygen atoms in total. The van der Waals surface area contributed by atoms with Crippen LogP contribution in [0.1, 0.15) is 13.8 Å². The van der Waals surface area contributed by atoms with Crippen molar-refractivity contribution in [3.8, 4) is 0 Å². The van der Waals surface area contributed by atoms with Crippen molar-refractivity contribution < 1.29 is 0 Å². The van der Waals surface area contributed by atoms with Gasteiger partial charge in [-0.1, -0.05) is 35.4 Å². The van der Waals surface area contributed by atoms with E-state index in [9.17, 15) is 0 Å². The third-order valence-corrected chi connectivity index (χ3v) is 5.76. The van der Waals surface area contributed by atoms with Gasteiger partial charge >= 0.3 is 0 Å². The Labute approximate surface area is 70.4 Å². The standard InChI is InChI=1S/C6H12S3/c1-6(2)4-8-9-5(6)3-7/h5,7H,3-4H2,1-2H3. The Balaban J connectivity index is 2.52. The third-order valence-electron chi connectivity index (χ3n) is 1.65. The Morgan fingerprint density at radius 3 is 2.56 bits per heavy atom. The van der Waals surface area contributed by atoms with Gasteiger partial charge in [0.15, 0.2) is 0 Å². The molecule has 0 aliphatic carbocycles. The minimum absolute atomic E-state index is 0.511. The zero-order valence-corrected chi connectivity index (χ0v) is 8.28. The number of rotatable bonds is 1. The van der Waals surface area contributed by atoms with Crippen molar-refractivity contribution in [2.75, 3.05) is 11.5 Å². The molecule has 0 saturated carbocycles. The summed E-state index contributed by atoms with van der Waals surface area (Å²) in [5.41, 5.74) is 0.511. The molecule has 54 valence electrons. The molecule has 9 heavy (non-hydrogen) atoms. The molecule has 1 saturated heterocycles. The van der Waals surface area contributed by atoms with Gasteiger partial charge < -0.3 is 0 Å². The molecule has 3 heteroatoms. The summed E-state index contributed by atoms with van der Waals surface area (Å²) < 4.78 is 0. The number of hydrogen-bond acceptors (Lipinski definition) is 3. The first-order chi connectivity index (χ1) is 4.17. The van der Waals surface area contributed by atoms with Crippen molar-refractivity contribution in [1.29, 1.82) is 0 Å². The van der Waals surface area contributed by atoms with Crippen LogP contribution < -0.4 is 0 Å². The van der Waals surface area contributed by atoms with Crippen LogP contribution in [0.5, 0.6) is 0 Å². The van der Waals surface area contributed by atoms with E-state index in [1.165, 1.54) is 5.75 Å². The largest absolute Gasteiger partial charge is 0.178 e. The summed E-state index contributed by atoms with van der Waals surface area (Å²) in [7, 11) is 3.97. The molecule has 0 aromatic heterocycles. The van der Waals surface area contributed by atoms with Crippen molar-refractivity contribution in [2.45, 2.75) is 19.1 Å². The van der Waals surface area contributed by atoms with E-state index in [0.717, 1.165) is 11.0 Å². The molecule has 0 N–H and O–H groups in total. The molecular formula is C6H12S3. The van der Waals surface area contributed by atoms with Crippen molar-refractivity contribution in [3.05, 3.63) is 0 Å². The minimum atomic E-state index is 0.511. The highest BCUT2D eigenvalue weighted by Gasteiger charge is 2.34. The fourth-order valence-corrected chi connectivity index (χ4v) is 5.63. The smallest absolute Gasteiger partial charge is 0.0298 e. The summed E-state index contributed by atoms with van der Waals surface area (Å²) in [6.45, 7) is 4.64. The van der Waals surface area contributed by atoms with Crippen LogP contribution in [0.3, 0.4) is 0 Å². The molecule has 0 radical (unpaired) electrons. The van der Waals surface area contributed by atoms with Crippen LogP contribution in [-0.2, 0) is 0 Å². The molecule has 0 spiro atoms. The molecule has 1 atom stereocenters. The minimum Gasteiger partial charge on any atom is -0.178 e. The predicted molar refractivity (Wildman–Crippen MR) is 51.5 cm³/mol. The second-order valence-electron chi connectivity index (χ2n) is 3.02. The average Bonchev–Trinajstić information content (AvgIpc) is 2.08. The highest BCUT2D eigenvalue weighted by atomic mass is 33.1. The Bertz CT molecular complexity index is 100. The predicted octanol–water partition coefficient (Wildman–Crippen LogP) is 2.71. The lowest BCUT2D eigenvalue weighted by Gasteiger charge is -2.22. The van der Waals surface area contributed by atoms with Crippen LogP contribution in [0.4, 0.5) is 0 Å². The van der Waals surface area contributed by atoms with Crippen LogP contribution in [0.2, 0.25) is 0 Å². The average molecular weight is 180 g/mol. The van der Waals surface area contributed by atoms with Gasteiger partial charge in [-0.25, -0.2) is 0 Å². The molecule has 1 aliphatic heterocycles. The maximum absolute atomic E-state index is 4.29. The van der Waals surface area contributed by atoms with Gasteiger partial charge in [-0.05, 0) is 5.41 Å². The van der Waals surface area contributed by atoms with E-state index < -0.39 is 0 Å². The second-order valence-corrected chi connectivity index (χ2v) is 5.95. The van der Waals surface area contributed by atoms with Crippen molar-refractivity contribution in [1.82, 2.24) is 0 Å². The van der Waals surface area contributed by atoms with Crippen LogP contribution >= 0.6 is 34.2 Å². The summed E-state index contributed by atoms with van der Waals surface area (Å²) >= 11 is 4.29. The maximum atomic E-state index is 4.29. The summed E-state index contributed by atoms with van der Waals surface area (Å²) in [4.78, 5) is 0. The number of hydrogen-bond donors (Lipinski definition) is 1. The molecule has 1 aliphatic rings. The first-order valence-corrected chi connectivity index (χ1v) is 6.07. The Morgan fingerprint density at radius 2 is 2.33 bits per heavy atom. The first-order valence-electron chi connectivity index (χ1n) is 3.06. The molecule has 1 rings (SSSR count). The highest BCUT2D eigenvalue weighted by Crippen LogP contribution is 2.49. The Hall–Kier alpha value is 1.05. The van der Waals surface area contributed by atoms with Gasteiger partial charge in [-0.3, -0.25) is 0 Å². The van der Waals surface area contributed by atoms with Crippen molar-refractivity contribution in [2.24, 2.45) is 5.41 Å². The normalized spacial score (nSPS) is 33.0. The molecule has 0 bridgehead atoms. The lowest BCUT2D eigenvalue weighted by Crippen LogP contribution is -2.24. The topological polar surface area (TPSA) is 0 Å². The van der Waals surface area contributed by atoms with Gasteiger partial charge in [0.2, 0.25) is 0 Å². The SMILES string of the molecule is CC1(C)CSSC1CS. The van der Waals surface area contributed by atoms with E-state index in [1.807, 2.05) is 21.6 Å². The molecule has 1 unspecified atom stereocenters. The van der Waals surface area contributed by atoms with E-state index in [-0.39, 0.29) is 0 Å². The molecule has 1 heterocycles. The highest BCUT2D eigenvalue weighted by molar-refractivity contribution is 8.77. The quantitative estimate of drug-likeness (QED) is 0.487. The van der Waals surface area contributed by atoms with Gasteiger partial charge in [-0.2, -0.15) is 12.6 Å². The monoisotopic (exact) mass is 180 g/mol. The van der Waals surface area contributed by atoms with Crippen LogP contribution in [-0.4, -0.2) is 16.8 Å². The molecule has 0 aromatic carbocycles. The van der Waals surface area contributed by atoms with Crippen LogP contribution in [0, 0.1) is 5.41 Å². The lowest BCUT2D eigenvalue weighted by atomic mass is 9.92. The molecular weight excluding hydrogens is 168 g/mol. The van der Waals surface area contributed by atoms with Gasteiger partial charge in [0.05, 0.1) is 0 Å². The van der Waals surface area contributed by atoms with Crippen LogP contribution in [0.25, 0.3) is 0 Å². The number of thiol groups is 1. The fourth-order valence-electron chi connectivity index (χ4n) is 0.769. The summed E-state index contributed by atoms with van der Waals surface area (Å²) in [6.07, 6.45) is 0. The Kier molecular flexibility index (Phi) is 2.69. The van der Waals surface area contributed by atoms with E-state index in [0.29, 0.717) is 5.41 Å². The van der Waals surface area contributed by atoms with E-state index in [2.05, 4.69) is 26.5 Å². The summed E-state index contributed by atoms with van der Waals surface area (Å²) in [6, 6.07) is 0. The molecule has 1 fully saturated rings. The van der Waals surface area contributed by atoms with Crippen molar-refractivity contribution >= 4 is 34.2 Å². The molecule has 0 amide bonds. The van der Waals surface area contributed by atoms with E-state index in [1.54, 1.807) is 0 Å². The Morgan fingerprint density at radius 1 is 1.67 bits per heavy atom. The lowest BCUT2D eigenvalue weighted by molar-refractivity contribution is 0.432. The van der Waals surface area contributed by atoms with Gasteiger partial charge in [0, 0.05) is 16.8 Å². The van der Waals surface area contributed by atoms with Crippen LogP contribution in [0.15, 0.2) is 0 Å². The van der Waals surface area contributed by atoms with E-state index in [4.69, 9.17) is 0 Å². The second kappa shape index (κ2) is 2.97. The molecule has 0 aromatic rings. The van der Waals surface area contributed by atoms with Gasteiger partial charge in [0.1, 0.15) is 0 Å². The summed E-state index contributed by atoms with van der Waals surface area (Å²) in [5, 5.41) is 0.755. The zero-order valence-electron chi connectivity index (χ0n) is 5.76. The van der Waals surface area contributed by atoms with Gasteiger partial charge in [-0.15, -0.1) is 0 Å². The zero-order chi connectivity index (χ0) is 6.91. The third kappa shape index (κ3) is 1.75. The first kappa shape index (κ1) is 8.15.